The Morgan fingerprint density at radius 2 is 0.740 bits per heavy atom. The van der Waals surface area contributed by atoms with Crippen LogP contribution in [0.1, 0.15) is 0 Å². The van der Waals surface area contributed by atoms with Gasteiger partial charge in [-0.05, 0) is 96.0 Å². The van der Waals surface area contributed by atoms with Crippen LogP contribution in [-0.2, 0) is 0 Å². The van der Waals surface area contributed by atoms with E-state index in [1.54, 1.807) is 0 Å². The predicted octanol–water partition coefficient (Wildman–Crippen LogP) is 13.9. The number of furan rings is 2. The van der Waals surface area contributed by atoms with Gasteiger partial charge in [-0.15, -0.1) is 0 Å². The molecule has 0 saturated carbocycles. The third-order valence-electron chi connectivity index (χ3n) is 10.5. The van der Waals surface area contributed by atoms with Gasteiger partial charge in [-0.3, -0.25) is 0 Å². The maximum Gasteiger partial charge on any atom is 0.136 e. The molecule has 0 bridgehead atoms. The van der Waals surface area contributed by atoms with Gasteiger partial charge < -0.3 is 8.83 Å². The lowest BCUT2D eigenvalue weighted by Crippen LogP contribution is -1.92. The fraction of sp³-hybridized carbons (Fsp3) is 0. The first-order valence-electron chi connectivity index (χ1n) is 17.1. The fourth-order valence-corrected chi connectivity index (χ4v) is 8.35. The number of hydrogen-bond donors (Lipinski definition) is 0. The third kappa shape index (κ3) is 3.85. The smallest absolute Gasteiger partial charge is 0.136 e. The lowest BCUT2D eigenvalue weighted by atomic mass is 9.84. The van der Waals surface area contributed by atoms with E-state index in [1.807, 2.05) is 24.3 Å². The van der Waals surface area contributed by atoms with Gasteiger partial charge in [-0.1, -0.05) is 140 Å². The van der Waals surface area contributed by atoms with Gasteiger partial charge in [0.1, 0.15) is 22.3 Å². The number of para-hydroxylation sites is 1. The van der Waals surface area contributed by atoms with E-state index in [2.05, 4.69) is 146 Å². The molecule has 2 nitrogen and oxygen atoms in total. The van der Waals surface area contributed by atoms with Crippen LogP contribution in [0.3, 0.4) is 0 Å². The van der Waals surface area contributed by atoms with Gasteiger partial charge >= 0.3 is 0 Å². The Balaban J connectivity index is 1.15. The minimum absolute atomic E-state index is 0.870. The molecule has 0 atom stereocenters. The molecule has 2 aromatic heterocycles. The molecule has 50 heavy (non-hydrogen) atoms. The van der Waals surface area contributed by atoms with Crippen LogP contribution in [0.4, 0.5) is 0 Å². The summed E-state index contributed by atoms with van der Waals surface area (Å²) in [6.45, 7) is 0. The highest BCUT2D eigenvalue weighted by atomic mass is 16.3. The van der Waals surface area contributed by atoms with E-state index in [9.17, 15) is 0 Å². The van der Waals surface area contributed by atoms with Gasteiger partial charge in [0.2, 0.25) is 0 Å². The van der Waals surface area contributed by atoms with Crippen molar-refractivity contribution in [3.63, 3.8) is 0 Å². The van der Waals surface area contributed by atoms with Gasteiger partial charge in [0.15, 0.2) is 0 Å². The summed E-state index contributed by atoms with van der Waals surface area (Å²) in [5.41, 5.74) is 10.8. The first kappa shape index (κ1) is 27.3. The third-order valence-corrected chi connectivity index (χ3v) is 10.5. The standard InChI is InChI=1S/C48H28O2/c1-2-12-29(13-3-1)45-34-16-6-8-18-36(34)46(37-19-9-7-17-35(37)45)38-25-24-31(32-14-4-5-15-33(32)38)30-22-23-40-44(28-30)50-43-27-26-42-47(48(40)43)39-20-10-11-21-41(39)49-42/h1-28H. The predicted molar refractivity (Wildman–Crippen MR) is 210 cm³/mol. The second-order valence-electron chi connectivity index (χ2n) is 13.1. The van der Waals surface area contributed by atoms with Crippen LogP contribution >= 0.6 is 0 Å². The van der Waals surface area contributed by atoms with Crippen LogP contribution in [0, 0.1) is 0 Å². The molecule has 0 aliphatic carbocycles. The first-order valence-corrected chi connectivity index (χ1v) is 17.1. The summed E-state index contributed by atoms with van der Waals surface area (Å²) < 4.78 is 12.8. The van der Waals surface area contributed by atoms with Gasteiger partial charge in [-0.25, -0.2) is 0 Å². The Hall–Kier alpha value is -6.64. The molecule has 0 saturated heterocycles. The van der Waals surface area contributed by atoms with Crippen molar-refractivity contribution in [1.29, 1.82) is 0 Å². The maximum absolute atomic E-state index is 6.55. The second-order valence-corrected chi connectivity index (χ2v) is 13.1. The molecular formula is C48H28O2. The summed E-state index contributed by atoms with van der Waals surface area (Å²) in [5.74, 6) is 0. The van der Waals surface area contributed by atoms with E-state index in [4.69, 9.17) is 8.83 Å². The van der Waals surface area contributed by atoms with Gasteiger partial charge in [0.25, 0.3) is 0 Å². The molecule has 0 spiro atoms. The molecule has 0 radical (unpaired) electrons. The van der Waals surface area contributed by atoms with Crippen molar-refractivity contribution in [2.45, 2.75) is 0 Å². The number of benzene rings is 9. The molecule has 0 amide bonds. The average Bonchev–Trinajstić information content (AvgIpc) is 3.74. The molecule has 2 heterocycles. The molecule has 0 unspecified atom stereocenters. The van der Waals surface area contributed by atoms with Crippen LogP contribution in [0.5, 0.6) is 0 Å². The molecule has 0 aliphatic rings. The summed E-state index contributed by atoms with van der Waals surface area (Å²) in [6.07, 6.45) is 0. The zero-order valence-corrected chi connectivity index (χ0v) is 27.0. The van der Waals surface area contributed by atoms with Crippen LogP contribution in [0.15, 0.2) is 179 Å². The zero-order chi connectivity index (χ0) is 32.8. The second kappa shape index (κ2) is 10.4. The van der Waals surface area contributed by atoms with E-state index in [-0.39, 0.29) is 0 Å². The molecule has 11 aromatic rings. The van der Waals surface area contributed by atoms with Crippen molar-refractivity contribution in [3.8, 4) is 33.4 Å². The summed E-state index contributed by atoms with van der Waals surface area (Å²) in [7, 11) is 0. The highest BCUT2D eigenvalue weighted by Gasteiger charge is 2.20. The van der Waals surface area contributed by atoms with Gasteiger partial charge in [0, 0.05) is 21.5 Å². The summed E-state index contributed by atoms with van der Waals surface area (Å²) in [5, 5.41) is 11.9. The van der Waals surface area contributed by atoms with E-state index >= 15 is 0 Å². The number of hydrogen-bond acceptors (Lipinski definition) is 2. The van der Waals surface area contributed by atoms with Crippen molar-refractivity contribution < 1.29 is 8.83 Å². The summed E-state index contributed by atoms with van der Waals surface area (Å²) in [4.78, 5) is 0. The lowest BCUT2D eigenvalue weighted by Gasteiger charge is -2.19. The molecule has 0 fully saturated rings. The molecule has 0 aliphatic heterocycles. The number of rotatable bonds is 3. The zero-order valence-electron chi connectivity index (χ0n) is 27.0. The average molecular weight is 637 g/mol. The maximum atomic E-state index is 6.55. The molecular weight excluding hydrogens is 609 g/mol. The molecule has 2 heteroatoms. The first-order chi connectivity index (χ1) is 24.8. The van der Waals surface area contributed by atoms with E-state index in [1.165, 1.54) is 60.1 Å². The SMILES string of the molecule is c1ccc(-c2c3ccccc3c(-c3ccc(-c4ccc5c(c4)oc4ccc6oc7ccccc7c6c45)c4ccccc34)c3ccccc23)cc1. The quantitative estimate of drug-likeness (QED) is 0.180. The van der Waals surface area contributed by atoms with Crippen molar-refractivity contribution in [1.82, 2.24) is 0 Å². The molecule has 232 valence electrons. The lowest BCUT2D eigenvalue weighted by molar-refractivity contribution is 0.663. The normalized spacial score (nSPS) is 12.0. The van der Waals surface area contributed by atoms with E-state index in [0.717, 1.165) is 49.4 Å². The van der Waals surface area contributed by atoms with Crippen molar-refractivity contribution >= 4 is 76.2 Å². The molecule has 9 aromatic carbocycles. The highest BCUT2D eigenvalue weighted by Crippen LogP contribution is 2.47. The number of fused-ring (bicyclic) bond motifs is 10. The fourth-order valence-electron chi connectivity index (χ4n) is 8.35. The minimum Gasteiger partial charge on any atom is -0.456 e. The molecule has 11 rings (SSSR count). The Morgan fingerprint density at radius 1 is 0.260 bits per heavy atom. The Labute approximate surface area is 287 Å². The largest absolute Gasteiger partial charge is 0.456 e. The highest BCUT2D eigenvalue weighted by molar-refractivity contribution is 6.27. The van der Waals surface area contributed by atoms with Gasteiger partial charge in [0.05, 0.1) is 0 Å². The van der Waals surface area contributed by atoms with E-state index < -0.39 is 0 Å². The Kier molecular flexibility index (Phi) is 5.70. The molecule has 0 N–H and O–H groups in total. The van der Waals surface area contributed by atoms with Crippen LogP contribution < -0.4 is 0 Å². The Morgan fingerprint density at radius 3 is 1.40 bits per heavy atom. The minimum atomic E-state index is 0.870. The van der Waals surface area contributed by atoms with Crippen molar-refractivity contribution in [2.24, 2.45) is 0 Å². The summed E-state index contributed by atoms with van der Waals surface area (Å²) in [6, 6.07) is 60.9. The van der Waals surface area contributed by atoms with E-state index in [0.29, 0.717) is 0 Å². The van der Waals surface area contributed by atoms with Crippen LogP contribution in [0.25, 0.3) is 110 Å². The monoisotopic (exact) mass is 636 g/mol. The van der Waals surface area contributed by atoms with Crippen LogP contribution in [0.2, 0.25) is 0 Å². The van der Waals surface area contributed by atoms with Crippen LogP contribution in [-0.4, -0.2) is 0 Å². The topological polar surface area (TPSA) is 26.3 Å². The van der Waals surface area contributed by atoms with Crippen molar-refractivity contribution in [2.75, 3.05) is 0 Å². The van der Waals surface area contributed by atoms with Gasteiger partial charge in [-0.2, -0.15) is 0 Å². The van der Waals surface area contributed by atoms with Crippen molar-refractivity contribution in [3.05, 3.63) is 170 Å². The summed E-state index contributed by atoms with van der Waals surface area (Å²) >= 11 is 0. The Bertz CT molecular complexity index is 3080.